The highest BCUT2D eigenvalue weighted by molar-refractivity contribution is 6.48. The standard InChI is InChI=1S/C19H24ClN5/c1-12-9-17-16(10-15(12)20)22-18(24-7-5-23(4)6-8-24)19-21-14(3)13(2)11-25(17)19/h9-11,14H,5-8H2,1-4H3. The van der Waals surface area contributed by atoms with E-state index in [2.05, 4.69) is 47.9 Å². The number of piperazine rings is 1. The van der Waals surface area contributed by atoms with Gasteiger partial charge in [0.15, 0.2) is 11.7 Å². The molecule has 4 rings (SSSR count). The number of rotatable bonds is 0. The lowest BCUT2D eigenvalue weighted by atomic mass is 10.1. The van der Waals surface area contributed by atoms with Crippen LogP contribution in [0.5, 0.6) is 0 Å². The van der Waals surface area contributed by atoms with Crippen LogP contribution in [-0.2, 0) is 0 Å². The highest BCUT2D eigenvalue weighted by atomic mass is 35.5. The summed E-state index contributed by atoms with van der Waals surface area (Å²) in [7, 11) is 2.16. The van der Waals surface area contributed by atoms with E-state index in [0.717, 1.165) is 59.8 Å². The number of likely N-dealkylation sites (N-methyl/N-ethyl adjacent to an activating group) is 1. The second kappa shape index (κ2) is 6.15. The van der Waals surface area contributed by atoms with Gasteiger partial charge in [-0.3, -0.25) is 9.89 Å². The zero-order valence-electron chi connectivity index (χ0n) is 15.3. The first-order valence-corrected chi connectivity index (χ1v) is 9.20. The summed E-state index contributed by atoms with van der Waals surface area (Å²) in [4.78, 5) is 16.8. The number of amidine groups is 2. The molecule has 1 fully saturated rings. The number of aliphatic imine (C=N–C) groups is 2. The summed E-state index contributed by atoms with van der Waals surface area (Å²) < 4.78 is 0. The van der Waals surface area contributed by atoms with Crippen molar-refractivity contribution in [2.24, 2.45) is 9.98 Å². The van der Waals surface area contributed by atoms with E-state index >= 15 is 0 Å². The molecule has 25 heavy (non-hydrogen) atoms. The Balaban J connectivity index is 1.83. The van der Waals surface area contributed by atoms with Crippen LogP contribution in [0.25, 0.3) is 0 Å². The maximum Gasteiger partial charge on any atom is 0.176 e. The Morgan fingerprint density at radius 1 is 1.08 bits per heavy atom. The highest BCUT2D eigenvalue weighted by Gasteiger charge is 2.33. The zero-order valence-corrected chi connectivity index (χ0v) is 16.0. The van der Waals surface area contributed by atoms with Gasteiger partial charge in [-0.1, -0.05) is 11.6 Å². The van der Waals surface area contributed by atoms with Crippen LogP contribution < -0.4 is 4.90 Å². The second-order valence-electron chi connectivity index (χ2n) is 7.19. The number of hydrogen-bond acceptors (Lipinski definition) is 5. The molecule has 0 saturated carbocycles. The minimum atomic E-state index is 0.180. The molecular weight excluding hydrogens is 334 g/mol. The molecule has 3 aliphatic rings. The summed E-state index contributed by atoms with van der Waals surface area (Å²) in [5, 5.41) is 0.756. The zero-order chi connectivity index (χ0) is 17.7. The van der Waals surface area contributed by atoms with Gasteiger partial charge in [-0.15, -0.1) is 0 Å². The van der Waals surface area contributed by atoms with Crippen LogP contribution in [0.3, 0.4) is 0 Å². The van der Waals surface area contributed by atoms with Gasteiger partial charge in [0, 0.05) is 37.4 Å². The molecule has 0 aliphatic carbocycles. The van der Waals surface area contributed by atoms with Crippen molar-refractivity contribution >= 4 is 34.6 Å². The molecule has 0 N–H and O–H groups in total. The molecular formula is C19H24ClN5. The number of benzene rings is 1. The minimum Gasteiger partial charge on any atom is -0.351 e. The SMILES string of the molecule is CC1=CN2C(=NC1C)C(N1CCN(C)CC1)=Nc1cc(Cl)c(C)cc12. The fourth-order valence-corrected chi connectivity index (χ4v) is 3.56. The van der Waals surface area contributed by atoms with Crippen LogP contribution in [0.2, 0.25) is 5.02 Å². The van der Waals surface area contributed by atoms with Gasteiger partial charge >= 0.3 is 0 Å². The minimum absolute atomic E-state index is 0.180. The van der Waals surface area contributed by atoms with Gasteiger partial charge in [0.2, 0.25) is 0 Å². The summed E-state index contributed by atoms with van der Waals surface area (Å²) in [6, 6.07) is 4.26. The molecule has 1 saturated heterocycles. The first-order valence-electron chi connectivity index (χ1n) is 8.82. The van der Waals surface area contributed by atoms with E-state index in [0.29, 0.717) is 0 Å². The Bertz CT molecular complexity index is 802. The first-order chi connectivity index (χ1) is 11.9. The molecule has 132 valence electrons. The lowest BCUT2D eigenvalue weighted by Gasteiger charge is -2.40. The van der Waals surface area contributed by atoms with Gasteiger partial charge in [-0.25, -0.2) is 4.99 Å². The third-order valence-electron chi connectivity index (χ3n) is 5.28. The molecule has 3 heterocycles. The predicted molar refractivity (Wildman–Crippen MR) is 105 cm³/mol. The van der Waals surface area contributed by atoms with Crippen LogP contribution in [0.1, 0.15) is 19.4 Å². The fraction of sp³-hybridized carbons (Fsp3) is 0.474. The van der Waals surface area contributed by atoms with E-state index in [4.69, 9.17) is 21.6 Å². The lowest BCUT2D eigenvalue weighted by Crippen LogP contribution is -2.53. The Labute approximate surface area is 154 Å². The van der Waals surface area contributed by atoms with Crippen molar-refractivity contribution in [2.45, 2.75) is 26.8 Å². The molecule has 5 nitrogen and oxygen atoms in total. The summed E-state index contributed by atoms with van der Waals surface area (Å²) in [5.41, 5.74) is 4.29. The van der Waals surface area contributed by atoms with E-state index in [-0.39, 0.29) is 6.04 Å². The van der Waals surface area contributed by atoms with Gasteiger partial charge in [-0.05, 0) is 51.1 Å². The fourth-order valence-electron chi connectivity index (χ4n) is 3.40. The maximum absolute atomic E-state index is 6.37. The van der Waals surface area contributed by atoms with Crippen molar-refractivity contribution < 1.29 is 0 Å². The predicted octanol–water partition coefficient (Wildman–Crippen LogP) is 3.45. The normalized spacial score (nSPS) is 23.6. The Kier molecular flexibility index (Phi) is 4.08. The number of aryl methyl sites for hydroxylation is 1. The van der Waals surface area contributed by atoms with Crippen molar-refractivity contribution in [3.8, 4) is 0 Å². The Hall–Kier alpha value is -1.85. The number of fused-ring (bicyclic) bond motifs is 3. The van der Waals surface area contributed by atoms with E-state index in [1.807, 2.05) is 13.0 Å². The largest absolute Gasteiger partial charge is 0.351 e. The molecule has 3 aliphatic heterocycles. The van der Waals surface area contributed by atoms with Gasteiger partial charge in [0.1, 0.15) is 0 Å². The average molecular weight is 358 g/mol. The van der Waals surface area contributed by atoms with Crippen LogP contribution in [0.15, 0.2) is 33.9 Å². The van der Waals surface area contributed by atoms with Gasteiger partial charge in [0.25, 0.3) is 0 Å². The topological polar surface area (TPSA) is 34.4 Å². The summed E-state index contributed by atoms with van der Waals surface area (Å²) in [6.45, 7) is 10.3. The number of halogens is 1. The molecule has 1 aromatic rings. The monoisotopic (exact) mass is 357 g/mol. The first kappa shape index (κ1) is 16.6. The molecule has 1 atom stereocenters. The molecule has 6 heteroatoms. The molecule has 0 bridgehead atoms. The Morgan fingerprint density at radius 2 is 1.80 bits per heavy atom. The van der Waals surface area contributed by atoms with E-state index in [1.165, 1.54) is 5.57 Å². The van der Waals surface area contributed by atoms with Crippen molar-refractivity contribution in [3.05, 3.63) is 34.5 Å². The molecule has 1 unspecified atom stereocenters. The lowest BCUT2D eigenvalue weighted by molar-refractivity contribution is 0.217. The van der Waals surface area contributed by atoms with Gasteiger partial charge in [0.05, 0.1) is 17.4 Å². The summed E-state index contributed by atoms with van der Waals surface area (Å²) in [5.74, 6) is 1.92. The van der Waals surface area contributed by atoms with Crippen LogP contribution in [-0.4, -0.2) is 60.7 Å². The van der Waals surface area contributed by atoms with Crippen molar-refractivity contribution in [2.75, 3.05) is 38.1 Å². The number of anilines is 1. The second-order valence-corrected chi connectivity index (χ2v) is 7.59. The van der Waals surface area contributed by atoms with Crippen LogP contribution in [0, 0.1) is 6.92 Å². The highest BCUT2D eigenvalue weighted by Crippen LogP contribution is 2.39. The van der Waals surface area contributed by atoms with E-state index in [9.17, 15) is 0 Å². The quantitative estimate of drug-likeness (QED) is 0.713. The molecule has 0 aromatic heterocycles. The molecule has 0 amide bonds. The van der Waals surface area contributed by atoms with E-state index in [1.54, 1.807) is 0 Å². The smallest absolute Gasteiger partial charge is 0.176 e. The Morgan fingerprint density at radius 3 is 2.52 bits per heavy atom. The van der Waals surface area contributed by atoms with Crippen LogP contribution in [0.4, 0.5) is 11.4 Å². The van der Waals surface area contributed by atoms with Gasteiger partial charge in [-0.2, -0.15) is 0 Å². The van der Waals surface area contributed by atoms with Gasteiger partial charge < -0.3 is 9.80 Å². The summed E-state index contributed by atoms with van der Waals surface area (Å²) in [6.07, 6.45) is 2.20. The van der Waals surface area contributed by atoms with Crippen LogP contribution >= 0.6 is 11.6 Å². The third-order valence-corrected chi connectivity index (χ3v) is 5.69. The number of hydrogen-bond donors (Lipinski definition) is 0. The molecule has 0 radical (unpaired) electrons. The maximum atomic E-state index is 6.37. The molecule has 0 spiro atoms. The third kappa shape index (κ3) is 2.85. The number of nitrogens with zero attached hydrogens (tertiary/aromatic N) is 5. The van der Waals surface area contributed by atoms with Crippen molar-refractivity contribution in [1.29, 1.82) is 0 Å². The average Bonchev–Trinajstić information content (AvgIpc) is 2.58. The van der Waals surface area contributed by atoms with Crippen molar-refractivity contribution in [1.82, 2.24) is 9.80 Å². The summed E-state index contributed by atoms with van der Waals surface area (Å²) >= 11 is 6.37. The molecule has 1 aromatic carbocycles. The van der Waals surface area contributed by atoms with Crippen molar-refractivity contribution in [3.63, 3.8) is 0 Å². The van der Waals surface area contributed by atoms with E-state index < -0.39 is 0 Å².